The number of para-hydroxylation sites is 1. The van der Waals surface area contributed by atoms with E-state index in [0.717, 1.165) is 46.8 Å². The second kappa shape index (κ2) is 8.47. The molecule has 160 valence electrons. The van der Waals surface area contributed by atoms with E-state index in [0.29, 0.717) is 26.3 Å². The van der Waals surface area contributed by atoms with Crippen LogP contribution in [0.15, 0.2) is 64.6 Å². The number of rotatable bonds is 7. The average Bonchev–Trinajstić information content (AvgIpc) is 3.45. The minimum atomic E-state index is -0.144. The fraction of sp³-hybridized carbons (Fsp3) is 0.391. The molecule has 31 heavy (non-hydrogen) atoms. The molecule has 1 unspecified atom stereocenters. The van der Waals surface area contributed by atoms with Crippen molar-refractivity contribution in [3.8, 4) is 0 Å². The van der Waals surface area contributed by atoms with Crippen LogP contribution in [0, 0.1) is 4.91 Å². The van der Waals surface area contributed by atoms with Crippen molar-refractivity contribution in [2.45, 2.75) is 18.5 Å². The van der Waals surface area contributed by atoms with Crippen LogP contribution < -0.4 is 4.90 Å². The van der Waals surface area contributed by atoms with E-state index in [1.165, 1.54) is 0 Å². The molecule has 8 nitrogen and oxygen atoms in total. The second-order valence-corrected chi connectivity index (χ2v) is 7.90. The van der Waals surface area contributed by atoms with Gasteiger partial charge in [-0.3, -0.25) is 4.99 Å². The van der Waals surface area contributed by atoms with Crippen molar-refractivity contribution in [2.75, 3.05) is 44.9 Å². The number of benzene rings is 1. The number of ether oxygens (including phenoxy) is 2. The number of methoxy groups -OCH3 is 1. The summed E-state index contributed by atoms with van der Waals surface area (Å²) >= 11 is 0. The maximum atomic E-state index is 11.0. The Morgan fingerprint density at radius 1 is 1.23 bits per heavy atom. The summed E-state index contributed by atoms with van der Waals surface area (Å²) < 4.78 is 10.8. The number of hydrogen-bond acceptors (Lipinski definition) is 8. The molecule has 1 aromatic carbocycles. The topological polar surface area (TPSA) is 79.6 Å². The minimum Gasteiger partial charge on any atom is -0.491 e. The molecule has 0 radical (unpaired) electrons. The number of aliphatic imine (C=N–C) groups is 1. The minimum absolute atomic E-state index is 0.0449. The molecule has 2 atom stereocenters. The molecule has 0 bridgehead atoms. The highest BCUT2D eigenvalue weighted by atomic mass is 16.5. The first kappa shape index (κ1) is 19.7. The van der Waals surface area contributed by atoms with Crippen LogP contribution in [0.1, 0.15) is 18.2 Å². The normalized spacial score (nSPS) is 22.5. The van der Waals surface area contributed by atoms with E-state index in [-0.39, 0.29) is 12.1 Å². The fourth-order valence-electron chi connectivity index (χ4n) is 4.34. The van der Waals surface area contributed by atoms with Crippen molar-refractivity contribution in [1.82, 2.24) is 9.88 Å². The molecule has 2 aromatic rings. The number of pyridine rings is 1. The van der Waals surface area contributed by atoms with Crippen LogP contribution in [0.4, 0.5) is 5.69 Å². The number of aromatic nitrogens is 1. The summed E-state index contributed by atoms with van der Waals surface area (Å²) in [5.41, 5.74) is 3.00. The Bertz CT molecular complexity index is 1080. The molecule has 5 rings (SSSR count). The van der Waals surface area contributed by atoms with Gasteiger partial charge in [-0.2, -0.15) is 4.91 Å². The van der Waals surface area contributed by atoms with Gasteiger partial charge < -0.3 is 19.3 Å². The third kappa shape index (κ3) is 3.79. The van der Waals surface area contributed by atoms with Gasteiger partial charge in [0.05, 0.1) is 36.1 Å². The van der Waals surface area contributed by atoms with Gasteiger partial charge in [-0.15, -0.1) is 0 Å². The zero-order valence-corrected chi connectivity index (χ0v) is 17.5. The predicted molar refractivity (Wildman–Crippen MR) is 120 cm³/mol. The molecule has 0 saturated carbocycles. The second-order valence-electron chi connectivity index (χ2n) is 7.90. The fourth-order valence-corrected chi connectivity index (χ4v) is 4.34. The highest BCUT2D eigenvalue weighted by Gasteiger charge is 2.30. The zero-order chi connectivity index (χ0) is 21.2. The lowest BCUT2D eigenvalue weighted by molar-refractivity contribution is 0.114. The van der Waals surface area contributed by atoms with Crippen LogP contribution in [-0.4, -0.2) is 61.7 Å². The van der Waals surface area contributed by atoms with Gasteiger partial charge in [0.1, 0.15) is 24.2 Å². The van der Waals surface area contributed by atoms with Gasteiger partial charge in [-0.25, -0.2) is 4.98 Å². The highest BCUT2D eigenvalue weighted by Crippen LogP contribution is 2.33. The Balaban J connectivity index is 1.39. The van der Waals surface area contributed by atoms with Crippen molar-refractivity contribution in [2.24, 2.45) is 10.2 Å². The summed E-state index contributed by atoms with van der Waals surface area (Å²) in [6.45, 7) is 3.17. The molecule has 1 fully saturated rings. The highest BCUT2D eigenvalue weighted by molar-refractivity contribution is 5.97. The van der Waals surface area contributed by atoms with E-state index < -0.39 is 0 Å². The monoisotopic (exact) mass is 419 g/mol. The molecule has 0 spiro atoms. The summed E-state index contributed by atoms with van der Waals surface area (Å²) in [5.74, 6) is 1.67. The van der Waals surface area contributed by atoms with E-state index in [1.807, 2.05) is 24.4 Å². The molecule has 8 heteroatoms. The SMILES string of the molecule is COCCOC1=CC2=NCC(c3ccc4cccc(N5CC[C@H](N=O)C5)c4n3)N2C=C1. The van der Waals surface area contributed by atoms with Crippen LogP contribution in [0.2, 0.25) is 0 Å². The van der Waals surface area contributed by atoms with Crippen molar-refractivity contribution in [3.05, 3.63) is 65.0 Å². The number of amidine groups is 1. The van der Waals surface area contributed by atoms with Crippen molar-refractivity contribution in [3.63, 3.8) is 0 Å². The Kier molecular flexibility index (Phi) is 5.38. The van der Waals surface area contributed by atoms with E-state index in [2.05, 4.69) is 39.2 Å². The van der Waals surface area contributed by atoms with Crippen LogP contribution in [0.25, 0.3) is 10.9 Å². The van der Waals surface area contributed by atoms with Gasteiger partial charge >= 0.3 is 0 Å². The number of anilines is 1. The molecule has 4 heterocycles. The standard InChI is InChI=1S/C23H25N5O3/c1-30-11-12-31-18-8-10-28-21(14-24-22(28)13-18)19-6-5-16-3-2-4-20(23(16)25-19)27-9-7-17(15-27)26-29/h2-6,8,10,13,17,21H,7,9,11-12,14-15H2,1H3/t17-,21?/m0/s1. The number of fused-ring (bicyclic) bond motifs is 2. The van der Waals surface area contributed by atoms with E-state index in [4.69, 9.17) is 19.5 Å². The van der Waals surface area contributed by atoms with Gasteiger partial charge in [-0.05, 0) is 24.6 Å². The van der Waals surface area contributed by atoms with E-state index in [9.17, 15) is 4.91 Å². The summed E-state index contributed by atoms with van der Waals surface area (Å²) in [7, 11) is 1.66. The molecule has 0 N–H and O–H groups in total. The number of nitroso groups, excluding NO2 is 1. The van der Waals surface area contributed by atoms with Gasteiger partial charge in [0.25, 0.3) is 0 Å². The molecular weight excluding hydrogens is 394 g/mol. The molecular formula is C23H25N5O3. The lowest BCUT2D eigenvalue weighted by atomic mass is 10.1. The van der Waals surface area contributed by atoms with Crippen molar-refractivity contribution in [1.29, 1.82) is 0 Å². The first-order valence-corrected chi connectivity index (χ1v) is 10.6. The Hall–Kier alpha value is -3.26. The lowest BCUT2D eigenvalue weighted by Crippen LogP contribution is -2.27. The first-order valence-electron chi connectivity index (χ1n) is 10.6. The summed E-state index contributed by atoms with van der Waals surface area (Å²) in [5, 5.41) is 4.32. The molecule has 1 saturated heterocycles. The summed E-state index contributed by atoms with van der Waals surface area (Å²) in [6.07, 6.45) is 6.71. The van der Waals surface area contributed by atoms with Gasteiger partial charge in [0.2, 0.25) is 0 Å². The Labute approximate surface area is 180 Å². The maximum absolute atomic E-state index is 11.0. The largest absolute Gasteiger partial charge is 0.491 e. The molecule has 0 aliphatic carbocycles. The Morgan fingerprint density at radius 2 is 2.16 bits per heavy atom. The molecule has 3 aliphatic heterocycles. The smallest absolute Gasteiger partial charge is 0.132 e. The predicted octanol–water partition coefficient (Wildman–Crippen LogP) is 3.41. The molecule has 3 aliphatic rings. The third-order valence-corrected chi connectivity index (χ3v) is 5.97. The quantitative estimate of drug-likeness (QED) is 0.505. The van der Waals surface area contributed by atoms with Crippen LogP contribution in [0.3, 0.4) is 0 Å². The van der Waals surface area contributed by atoms with Gasteiger partial charge in [-0.1, -0.05) is 23.4 Å². The van der Waals surface area contributed by atoms with E-state index in [1.54, 1.807) is 7.11 Å². The lowest BCUT2D eigenvalue weighted by Gasteiger charge is -2.26. The van der Waals surface area contributed by atoms with Crippen molar-refractivity contribution < 1.29 is 9.47 Å². The zero-order valence-electron chi connectivity index (χ0n) is 17.5. The molecule has 0 amide bonds. The third-order valence-electron chi connectivity index (χ3n) is 5.97. The summed E-state index contributed by atoms with van der Waals surface area (Å²) in [4.78, 5) is 25.1. The van der Waals surface area contributed by atoms with Gasteiger partial charge in [0.15, 0.2) is 0 Å². The van der Waals surface area contributed by atoms with E-state index >= 15 is 0 Å². The van der Waals surface area contributed by atoms with Crippen LogP contribution >= 0.6 is 0 Å². The molecule has 1 aromatic heterocycles. The average molecular weight is 419 g/mol. The number of allylic oxidation sites excluding steroid dienone is 1. The van der Waals surface area contributed by atoms with Crippen molar-refractivity contribution >= 4 is 22.4 Å². The van der Waals surface area contributed by atoms with Crippen LogP contribution in [0.5, 0.6) is 0 Å². The van der Waals surface area contributed by atoms with Crippen LogP contribution in [-0.2, 0) is 9.47 Å². The number of hydrogen-bond donors (Lipinski definition) is 0. The first-order chi connectivity index (χ1) is 15.3. The maximum Gasteiger partial charge on any atom is 0.132 e. The summed E-state index contributed by atoms with van der Waals surface area (Å²) in [6, 6.07) is 10.3. The van der Waals surface area contributed by atoms with Gasteiger partial charge in [0, 0.05) is 37.9 Å². The Morgan fingerprint density at radius 3 is 3.00 bits per heavy atom. The number of nitrogens with zero attached hydrogens (tertiary/aromatic N) is 5.